The van der Waals surface area contributed by atoms with Crippen LogP contribution in [0.25, 0.3) is 22.4 Å². The Morgan fingerprint density at radius 3 is 1.92 bits per heavy atom. The minimum atomic E-state index is -4.94. The van der Waals surface area contributed by atoms with Gasteiger partial charge in [0, 0.05) is 17.5 Å². The van der Waals surface area contributed by atoms with E-state index in [4.69, 9.17) is 35.0 Å². The van der Waals surface area contributed by atoms with Gasteiger partial charge in [-0.1, -0.05) is 41.9 Å². The van der Waals surface area contributed by atoms with Crippen molar-refractivity contribution in [2.75, 3.05) is 7.11 Å². The average molecular weight is 573 g/mol. The lowest BCUT2D eigenvalue weighted by Gasteiger charge is -2.17. The molecule has 4 rings (SSSR count). The van der Waals surface area contributed by atoms with Crippen LogP contribution in [-0.2, 0) is 7.05 Å². The van der Waals surface area contributed by atoms with Crippen molar-refractivity contribution in [3.05, 3.63) is 111 Å². The van der Waals surface area contributed by atoms with Crippen molar-refractivity contribution >= 4 is 23.1 Å². The SMILES string of the molecule is COc1ccc(-c2c(C(=O)c3ccc(Cl)cc3)c(C)[n+](C)c(-c3ccccc3)c2[N+](=O)[O-])cc1.[O-][Cl+3]([O-])([O-])[O-]. The Labute approximate surface area is 230 Å². The van der Waals surface area contributed by atoms with Gasteiger partial charge >= 0.3 is 5.69 Å². The summed E-state index contributed by atoms with van der Waals surface area (Å²) >= 11 is 6.01. The van der Waals surface area contributed by atoms with E-state index in [-0.39, 0.29) is 22.6 Å². The lowest BCUT2D eigenvalue weighted by Crippen LogP contribution is -2.68. The Kier molecular flexibility index (Phi) is 9.36. The quantitative estimate of drug-likeness (QED) is 0.144. The molecule has 0 fully saturated rings. The van der Waals surface area contributed by atoms with Gasteiger partial charge in [-0.3, -0.25) is 14.9 Å². The van der Waals surface area contributed by atoms with Crippen LogP contribution in [0.4, 0.5) is 5.69 Å². The van der Waals surface area contributed by atoms with Gasteiger partial charge in [-0.25, -0.2) is 18.6 Å². The molecule has 0 radical (unpaired) electrons. The van der Waals surface area contributed by atoms with Gasteiger partial charge in [0.2, 0.25) is 0 Å². The molecule has 0 aliphatic rings. The summed E-state index contributed by atoms with van der Waals surface area (Å²) in [6, 6.07) is 22.6. The number of nitro groups is 1. The Balaban J connectivity index is 0.000000771. The number of methoxy groups -OCH3 is 1. The zero-order chi connectivity index (χ0) is 28.9. The number of ether oxygens (including phenoxy) is 1. The molecule has 0 amide bonds. The third-order valence-electron chi connectivity index (χ3n) is 5.85. The van der Waals surface area contributed by atoms with E-state index in [1.165, 1.54) is 0 Å². The normalized spacial score (nSPS) is 10.9. The third kappa shape index (κ3) is 7.15. The number of ketones is 1. The van der Waals surface area contributed by atoms with Crippen molar-refractivity contribution in [1.29, 1.82) is 0 Å². The lowest BCUT2D eigenvalue weighted by molar-refractivity contribution is -2.00. The maximum atomic E-state index is 13.8. The molecule has 3 aromatic carbocycles. The molecule has 1 aromatic heterocycles. The first-order valence-electron chi connectivity index (χ1n) is 11.2. The molecular formula is C27H22Cl2N2O8. The summed E-state index contributed by atoms with van der Waals surface area (Å²) in [5.41, 5.74) is 3.04. The van der Waals surface area contributed by atoms with Gasteiger partial charge in [-0.15, -0.1) is 10.2 Å². The second-order valence-corrected chi connectivity index (χ2v) is 9.35. The largest absolute Gasteiger partial charge is 0.497 e. The van der Waals surface area contributed by atoms with Crippen LogP contribution in [0.2, 0.25) is 5.02 Å². The van der Waals surface area contributed by atoms with Gasteiger partial charge in [0.25, 0.3) is 5.69 Å². The molecule has 0 bridgehead atoms. The van der Waals surface area contributed by atoms with Gasteiger partial charge in [0.05, 0.1) is 23.2 Å². The lowest BCUT2D eigenvalue weighted by atomic mass is 9.89. The molecule has 39 heavy (non-hydrogen) atoms. The van der Waals surface area contributed by atoms with Crippen molar-refractivity contribution in [3.63, 3.8) is 0 Å². The van der Waals surface area contributed by atoms with E-state index < -0.39 is 15.2 Å². The van der Waals surface area contributed by atoms with Crippen molar-refractivity contribution in [2.24, 2.45) is 7.05 Å². The first-order chi connectivity index (χ1) is 18.3. The number of pyridine rings is 1. The van der Waals surface area contributed by atoms with Crippen LogP contribution >= 0.6 is 11.6 Å². The van der Waals surface area contributed by atoms with Crippen LogP contribution in [0, 0.1) is 27.3 Å². The summed E-state index contributed by atoms with van der Waals surface area (Å²) < 4.78 is 40.9. The molecule has 0 saturated carbocycles. The van der Waals surface area contributed by atoms with E-state index >= 15 is 0 Å². The van der Waals surface area contributed by atoms with Crippen LogP contribution in [0.3, 0.4) is 0 Å². The summed E-state index contributed by atoms with van der Waals surface area (Å²) in [6.45, 7) is 1.80. The Bertz CT molecular complexity index is 1480. The number of halogens is 2. The van der Waals surface area contributed by atoms with Crippen molar-refractivity contribution in [3.8, 4) is 28.1 Å². The predicted octanol–water partition coefficient (Wildman–Crippen LogP) is 1.20. The van der Waals surface area contributed by atoms with E-state index in [1.54, 1.807) is 74.2 Å². The van der Waals surface area contributed by atoms with Gasteiger partial charge in [0.1, 0.15) is 18.4 Å². The Morgan fingerprint density at radius 1 is 0.897 bits per heavy atom. The summed E-state index contributed by atoms with van der Waals surface area (Å²) in [5, 5.41) is 13.1. The second kappa shape index (κ2) is 12.3. The van der Waals surface area contributed by atoms with Crippen LogP contribution in [0.1, 0.15) is 21.6 Å². The Morgan fingerprint density at radius 2 is 1.44 bits per heavy atom. The fourth-order valence-corrected chi connectivity index (χ4v) is 4.20. The summed E-state index contributed by atoms with van der Waals surface area (Å²) in [7, 11) is -1.66. The van der Waals surface area contributed by atoms with Crippen molar-refractivity contribution in [1.82, 2.24) is 0 Å². The number of hydrogen-bond acceptors (Lipinski definition) is 8. The van der Waals surface area contributed by atoms with Crippen LogP contribution < -0.4 is 27.9 Å². The van der Waals surface area contributed by atoms with E-state index in [0.717, 1.165) is 0 Å². The number of nitrogens with zero attached hydrogens (tertiary/aromatic N) is 2. The van der Waals surface area contributed by atoms with Gasteiger partial charge in [0.15, 0.2) is 11.5 Å². The van der Waals surface area contributed by atoms with Crippen LogP contribution in [0.15, 0.2) is 78.9 Å². The van der Waals surface area contributed by atoms with E-state index in [9.17, 15) is 14.9 Å². The molecule has 0 unspecified atom stereocenters. The predicted molar refractivity (Wildman–Crippen MR) is 131 cm³/mol. The van der Waals surface area contributed by atoms with Gasteiger partial charge in [-0.05, 0) is 54.1 Å². The molecule has 0 N–H and O–H groups in total. The second-order valence-electron chi connectivity index (χ2n) is 8.16. The molecule has 0 spiro atoms. The maximum absolute atomic E-state index is 13.8. The molecule has 0 saturated heterocycles. The topological polar surface area (TPSA) is 166 Å². The highest BCUT2D eigenvalue weighted by Gasteiger charge is 2.38. The smallest absolute Gasteiger partial charge is 0.349 e. The van der Waals surface area contributed by atoms with E-state index in [1.807, 2.05) is 30.3 Å². The number of carbonyl (C=O) groups excluding carboxylic acids is 1. The summed E-state index contributed by atoms with van der Waals surface area (Å²) in [4.78, 5) is 25.9. The number of rotatable bonds is 6. The zero-order valence-corrected chi connectivity index (χ0v) is 22.4. The maximum Gasteiger partial charge on any atom is 0.349 e. The highest BCUT2D eigenvalue weighted by atomic mass is 35.7. The zero-order valence-electron chi connectivity index (χ0n) is 20.9. The van der Waals surface area contributed by atoms with Crippen LogP contribution in [0.5, 0.6) is 5.75 Å². The standard InChI is InChI=1S/C27H22ClN2O4.ClHO4/c1-17-23(27(31)20-9-13-21(28)14-10-20)24(18-11-15-22(34-3)16-12-18)26(30(32)33)25(29(17)2)19-7-5-4-6-8-19;2-1(3,4)5/h4-16H,1-3H3;(H,2,3,4,5)/q+1;/p-1. The van der Waals surface area contributed by atoms with Crippen molar-refractivity contribution < 1.29 is 47.9 Å². The monoisotopic (exact) mass is 572 g/mol. The molecular weight excluding hydrogens is 551 g/mol. The summed E-state index contributed by atoms with van der Waals surface area (Å²) in [5.74, 6) is 0.289. The van der Waals surface area contributed by atoms with Gasteiger partial charge in [-0.2, -0.15) is 4.57 Å². The molecule has 1 heterocycles. The fourth-order valence-electron chi connectivity index (χ4n) is 4.08. The number of aromatic nitrogens is 1. The minimum absolute atomic E-state index is 0.137. The molecule has 4 aromatic rings. The highest BCUT2D eigenvalue weighted by molar-refractivity contribution is 6.30. The molecule has 0 atom stereocenters. The van der Waals surface area contributed by atoms with E-state index in [2.05, 4.69) is 0 Å². The molecule has 0 aliphatic heterocycles. The van der Waals surface area contributed by atoms with E-state index in [0.29, 0.717) is 38.9 Å². The fraction of sp³-hybridized carbons (Fsp3) is 0.111. The molecule has 12 heteroatoms. The number of carbonyl (C=O) groups is 1. The third-order valence-corrected chi connectivity index (χ3v) is 6.11. The number of benzene rings is 3. The van der Waals surface area contributed by atoms with Gasteiger partial charge < -0.3 is 4.74 Å². The molecule has 0 aliphatic carbocycles. The first-order valence-corrected chi connectivity index (χ1v) is 12.8. The summed E-state index contributed by atoms with van der Waals surface area (Å²) in [6.07, 6.45) is 0. The Hall–Kier alpha value is -3.90. The first kappa shape index (κ1) is 29.7. The van der Waals surface area contributed by atoms with Crippen LogP contribution in [-0.4, -0.2) is 17.8 Å². The number of hydrogen-bond donors (Lipinski definition) is 0. The minimum Gasteiger partial charge on any atom is -0.497 e. The van der Waals surface area contributed by atoms with Crippen molar-refractivity contribution in [2.45, 2.75) is 6.92 Å². The average Bonchev–Trinajstić information content (AvgIpc) is 2.89. The highest BCUT2D eigenvalue weighted by Crippen LogP contribution is 2.41. The molecule has 202 valence electrons. The molecule has 10 nitrogen and oxygen atoms in total.